The van der Waals surface area contributed by atoms with Gasteiger partial charge < -0.3 is 0 Å². The van der Waals surface area contributed by atoms with Crippen LogP contribution < -0.4 is 0 Å². The van der Waals surface area contributed by atoms with E-state index >= 15 is 0 Å². The van der Waals surface area contributed by atoms with Crippen LogP contribution in [-0.4, -0.2) is 19.6 Å². The maximum Gasteiger partial charge on any atom is 0.261 e. The van der Waals surface area contributed by atoms with Gasteiger partial charge in [-0.05, 0) is 36.6 Å². The van der Waals surface area contributed by atoms with Crippen LogP contribution in [0.1, 0.15) is 22.3 Å². The van der Waals surface area contributed by atoms with Crippen LogP contribution in [0.4, 0.5) is 0 Å². The lowest BCUT2D eigenvalue weighted by molar-refractivity contribution is 0.0976. The Balaban J connectivity index is 2.54. The van der Waals surface area contributed by atoms with Crippen LogP contribution in [0.15, 0.2) is 23.1 Å². The molecule has 3 nitrogen and oxygen atoms in total. The zero-order valence-corrected chi connectivity index (χ0v) is 10.4. The fraction of sp³-hybridized carbons (Fsp3) is 0.300. The number of ketones is 1. The Kier molecular flexibility index (Phi) is 2.99. The summed E-state index contributed by atoms with van der Waals surface area (Å²) in [5, 5.41) is -0.508. The molecule has 0 N–H and O–H groups in total. The molecule has 0 unspecified atom stereocenters. The number of hydrogen-bond donors (Lipinski definition) is 0. The third-order valence-electron chi connectivity index (χ3n) is 2.58. The Bertz CT molecular complexity index is 551. The van der Waals surface area contributed by atoms with E-state index in [2.05, 4.69) is 0 Å². The summed E-state index contributed by atoms with van der Waals surface area (Å²) in [6.45, 7) is 0. The lowest BCUT2D eigenvalue weighted by atomic mass is 9.90. The first-order valence-corrected chi connectivity index (χ1v) is 7.40. The highest BCUT2D eigenvalue weighted by Gasteiger charge is 2.26. The number of fused-ring (bicyclic) bond motifs is 1. The van der Waals surface area contributed by atoms with Gasteiger partial charge in [-0.1, -0.05) is 0 Å². The molecule has 0 spiro atoms. The first kappa shape index (κ1) is 11.9. The smallest absolute Gasteiger partial charge is 0.261 e. The van der Waals surface area contributed by atoms with Crippen LogP contribution in [0.25, 0.3) is 0 Å². The number of carbonyl (C=O) groups is 1. The predicted octanol–water partition coefficient (Wildman–Crippen LogP) is 2.35. The van der Waals surface area contributed by atoms with Crippen molar-refractivity contribution in [3.05, 3.63) is 29.3 Å². The lowest BCUT2D eigenvalue weighted by Crippen LogP contribution is -2.22. The standard InChI is InChI=1S/C10H8Cl2O3S/c11-9-4-1-6-5-7(16(12,14)15)2-3-8(6)10(9)13/h2-3,5,9H,1,4H2/t9-/m1/s1. The molecule has 0 bridgehead atoms. The molecule has 0 saturated carbocycles. The van der Waals surface area contributed by atoms with Gasteiger partial charge in [0.25, 0.3) is 9.05 Å². The summed E-state index contributed by atoms with van der Waals surface area (Å²) in [6.07, 6.45) is 1.12. The van der Waals surface area contributed by atoms with Crippen LogP contribution in [-0.2, 0) is 15.5 Å². The average molecular weight is 279 g/mol. The predicted molar refractivity (Wildman–Crippen MR) is 61.8 cm³/mol. The van der Waals surface area contributed by atoms with E-state index in [0.717, 1.165) is 0 Å². The third-order valence-corrected chi connectivity index (χ3v) is 4.34. The summed E-state index contributed by atoms with van der Waals surface area (Å²) in [5.74, 6) is -0.151. The minimum absolute atomic E-state index is 0.0220. The van der Waals surface area contributed by atoms with Crippen molar-refractivity contribution in [2.24, 2.45) is 0 Å². The third kappa shape index (κ3) is 2.10. The molecule has 6 heteroatoms. The van der Waals surface area contributed by atoms with Gasteiger partial charge in [-0.25, -0.2) is 8.42 Å². The number of benzene rings is 1. The molecular weight excluding hydrogens is 271 g/mol. The summed E-state index contributed by atoms with van der Waals surface area (Å²) < 4.78 is 22.2. The molecule has 2 rings (SSSR count). The van der Waals surface area contributed by atoms with Gasteiger partial charge in [0.2, 0.25) is 0 Å². The molecule has 0 saturated heterocycles. The van der Waals surface area contributed by atoms with Crippen molar-refractivity contribution in [1.82, 2.24) is 0 Å². The Morgan fingerprint density at radius 2 is 2.00 bits per heavy atom. The molecule has 0 aliphatic heterocycles. The molecule has 16 heavy (non-hydrogen) atoms. The van der Waals surface area contributed by atoms with Gasteiger partial charge in [0.15, 0.2) is 5.78 Å². The molecule has 1 aromatic rings. The van der Waals surface area contributed by atoms with Crippen molar-refractivity contribution in [1.29, 1.82) is 0 Å². The molecule has 0 amide bonds. The molecule has 0 aromatic heterocycles. The largest absolute Gasteiger partial charge is 0.292 e. The van der Waals surface area contributed by atoms with E-state index in [-0.39, 0.29) is 10.7 Å². The summed E-state index contributed by atoms with van der Waals surface area (Å²) >= 11 is 5.83. The number of aryl methyl sites for hydroxylation is 1. The summed E-state index contributed by atoms with van der Waals surface area (Å²) in [7, 11) is 1.49. The number of Topliss-reactive ketones (excluding diaryl/α,β-unsaturated/α-hetero) is 1. The van der Waals surface area contributed by atoms with E-state index in [1.807, 2.05) is 0 Å². The van der Waals surface area contributed by atoms with Gasteiger partial charge in [0.05, 0.1) is 10.3 Å². The van der Waals surface area contributed by atoms with Crippen LogP contribution in [0.5, 0.6) is 0 Å². The summed E-state index contributed by atoms with van der Waals surface area (Å²) in [6, 6.07) is 4.24. The number of carbonyl (C=O) groups excluding carboxylic acids is 1. The molecule has 1 aromatic carbocycles. The van der Waals surface area contributed by atoms with Crippen molar-refractivity contribution in [3.8, 4) is 0 Å². The maximum absolute atomic E-state index is 11.7. The number of rotatable bonds is 1. The van der Waals surface area contributed by atoms with Crippen LogP contribution in [0.3, 0.4) is 0 Å². The molecule has 86 valence electrons. The Hall–Kier alpha value is -0.580. The Labute approximate surface area is 103 Å². The van der Waals surface area contributed by atoms with Crippen molar-refractivity contribution in [2.75, 3.05) is 0 Å². The summed E-state index contributed by atoms with van der Waals surface area (Å²) in [4.78, 5) is 11.7. The fourth-order valence-corrected chi connectivity index (χ4v) is 2.78. The topological polar surface area (TPSA) is 51.2 Å². The van der Waals surface area contributed by atoms with Crippen LogP contribution in [0, 0.1) is 0 Å². The second-order valence-corrected chi connectivity index (χ2v) is 6.72. The molecule has 1 aliphatic rings. The molecular formula is C10H8Cl2O3S. The normalized spacial score (nSPS) is 20.6. The Morgan fingerprint density at radius 1 is 1.31 bits per heavy atom. The van der Waals surface area contributed by atoms with Gasteiger partial charge in [-0.2, -0.15) is 0 Å². The second kappa shape index (κ2) is 4.02. The quantitative estimate of drug-likeness (QED) is 0.585. The number of hydrogen-bond acceptors (Lipinski definition) is 3. The monoisotopic (exact) mass is 278 g/mol. The molecule has 1 atom stereocenters. The number of alkyl halides is 1. The molecule has 1 aliphatic carbocycles. The maximum atomic E-state index is 11.7. The minimum atomic E-state index is -3.74. The average Bonchev–Trinajstić information content (AvgIpc) is 2.22. The molecule has 0 fully saturated rings. The zero-order valence-electron chi connectivity index (χ0n) is 8.11. The first-order chi connectivity index (χ1) is 7.39. The second-order valence-electron chi connectivity index (χ2n) is 3.63. The van der Waals surface area contributed by atoms with Gasteiger partial charge in [-0.3, -0.25) is 4.79 Å². The van der Waals surface area contributed by atoms with E-state index in [9.17, 15) is 13.2 Å². The van der Waals surface area contributed by atoms with Gasteiger partial charge in [-0.15, -0.1) is 11.6 Å². The van der Waals surface area contributed by atoms with E-state index in [0.29, 0.717) is 24.0 Å². The van der Waals surface area contributed by atoms with Gasteiger partial charge in [0, 0.05) is 16.2 Å². The summed E-state index contributed by atoms with van der Waals surface area (Å²) in [5.41, 5.74) is 1.19. The van der Waals surface area contributed by atoms with Gasteiger partial charge >= 0.3 is 0 Å². The van der Waals surface area contributed by atoms with E-state index in [4.69, 9.17) is 22.3 Å². The lowest BCUT2D eigenvalue weighted by Gasteiger charge is -2.18. The highest BCUT2D eigenvalue weighted by atomic mass is 35.7. The molecule has 0 radical (unpaired) electrons. The van der Waals surface area contributed by atoms with Crippen molar-refractivity contribution >= 4 is 37.1 Å². The van der Waals surface area contributed by atoms with Crippen LogP contribution in [0.2, 0.25) is 0 Å². The van der Waals surface area contributed by atoms with Crippen molar-refractivity contribution in [2.45, 2.75) is 23.1 Å². The first-order valence-electron chi connectivity index (χ1n) is 4.65. The minimum Gasteiger partial charge on any atom is -0.292 e. The van der Waals surface area contributed by atoms with Gasteiger partial charge in [0.1, 0.15) is 0 Å². The zero-order chi connectivity index (χ0) is 11.9. The Morgan fingerprint density at radius 3 is 2.62 bits per heavy atom. The van der Waals surface area contributed by atoms with Crippen molar-refractivity contribution < 1.29 is 13.2 Å². The molecule has 0 heterocycles. The highest BCUT2D eigenvalue weighted by Crippen LogP contribution is 2.27. The van der Waals surface area contributed by atoms with E-state index in [1.54, 1.807) is 0 Å². The van der Waals surface area contributed by atoms with E-state index < -0.39 is 14.4 Å². The number of halogens is 2. The highest BCUT2D eigenvalue weighted by molar-refractivity contribution is 8.13. The van der Waals surface area contributed by atoms with Crippen molar-refractivity contribution in [3.63, 3.8) is 0 Å². The van der Waals surface area contributed by atoms with Crippen LogP contribution >= 0.6 is 22.3 Å². The SMILES string of the molecule is O=C1c2ccc(S(=O)(=O)Cl)cc2CC[C@H]1Cl. The van der Waals surface area contributed by atoms with E-state index in [1.165, 1.54) is 18.2 Å². The fourth-order valence-electron chi connectivity index (χ4n) is 1.75.